The van der Waals surface area contributed by atoms with Crippen LogP contribution in [0.1, 0.15) is 23.0 Å². The zero-order chi connectivity index (χ0) is 19.2. The Morgan fingerprint density at radius 1 is 1.30 bits per heavy atom. The fourth-order valence-electron chi connectivity index (χ4n) is 2.48. The maximum Gasteiger partial charge on any atom is 0.340 e. The van der Waals surface area contributed by atoms with Crippen LogP contribution in [0.15, 0.2) is 48.7 Å². The molecule has 3 rings (SSSR count). The summed E-state index contributed by atoms with van der Waals surface area (Å²) in [5.74, 6) is -0.402. The average molecular weight is 401 g/mol. The number of carbonyl (C=O) groups excluding carboxylic acids is 1. The molecule has 6 nitrogen and oxygen atoms in total. The van der Waals surface area contributed by atoms with Crippen molar-refractivity contribution in [3.63, 3.8) is 0 Å². The molecule has 0 saturated heterocycles. The summed E-state index contributed by atoms with van der Waals surface area (Å²) in [5.41, 5.74) is 2.38. The second-order valence-corrected chi connectivity index (χ2v) is 7.14. The van der Waals surface area contributed by atoms with Crippen molar-refractivity contribution in [2.75, 3.05) is 12.4 Å². The van der Waals surface area contributed by atoms with Gasteiger partial charge in [0.05, 0.1) is 24.9 Å². The monoisotopic (exact) mass is 400 g/mol. The number of aromatic nitrogens is 2. The molecule has 0 bridgehead atoms. The fourth-order valence-corrected chi connectivity index (χ4v) is 3.78. The first kappa shape index (κ1) is 19.1. The number of rotatable bonds is 6. The van der Waals surface area contributed by atoms with E-state index in [0.717, 1.165) is 22.7 Å². The molecule has 0 radical (unpaired) electrons. The number of hydrogen-bond acceptors (Lipinski definition) is 5. The highest BCUT2D eigenvalue weighted by Crippen LogP contribution is 2.35. The Balaban J connectivity index is 1.73. The largest absolute Gasteiger partial charge is 0.465 e. The first-order chi connectivity index (χ1) is 13.1. The molecule has 3 aromatic rings. The van der Waals surface area contributed by atoms with Crippen LogP contribution in [0.25, 0.3) is 10.4 Å². The Morgan fingerprint density at radius 3 is 2.74 bits per heavy atom. The van der Waals surface area contributed by atoms with Gasteiger partial charge in [-0.25, -0.2) is 4.79 Å². The van der Waals surface area contributed by atoms with Crippen molar-refractivity contribution in [3.8, 4) is 10.4 Å². The third kappa shape index (κ3) is 4.72. The van der Waals surface area contributed by atoms with Crippen molar-refractivity contribution in [1.29, 1.82) is 0 Å². The van der Waals surface area contributed by atoms with Gasteiger partial charge in [0.15, 0.2) is 5.11 Å². The van der Waals surface area contributed by atoms with Crippen molar-refractivity contribution in [1.82, 2.24) is 15.1 Å². The van der Waals surface area contributed by atoms with Crippen molar-refractivity contribution in [3.05, 3.63) is 59.9 Å². The molecule has 140 valence electrons. The lowest BCUT2D eigenvalue weighted by Gasteiger charge is -2.09. The topological polar surface area (TPSA) is 68.2 Å². The zero-order valence-corrected chi connectivity index (χ0v) is 16.7. The van der Waals surface area contributed by atoms with E-state index in [-0.39, 0.29) is 0 Å². The minimum Gasteiger partial charge on any atom is -0.465 e. The number of esters is 1. The molecular weight excluding hydrogens is 380 g/mol. The van der Waals surface area contributed by atoms with Gasteiger partial charge in [0.2, 0.25) is 0 Å². The standard InChI is InChI=1S/C19H20N4O2S2/c1-3-23-10-9-14(22-23)12-20-19(26)21-17-15(18(24)25-2)11-16(27-17)13-7-5-4-6-8-13/h4-11H,3,12H2,1-2H3,(H2,20,21,26). The Kier molecular flexibility index (Phi) is 6.20. The molecule has 0 fully saturated rings. The quantitative estimate of drug-likeness (QED) is 0.483. The second kappa shape index (κ2) is 8.79. The summed E-state index contributed by atoms with van der Waals surface area (Å²) in [6, 6.07) is 13.6. The summed E-state index contributed by atoms with van der Waals surface area (Å²) in [5, 5.41) is 11.7. The minimum absolute atomic E-state index is 0.402. The number of thiocarbonyl (C=S) groups is 1. The highest BCUT2D eigenvalue weighted by Gasteiger charge is 2.18. The van der Waals surface area contributed by atoms with Crippen LogP contribution < -0.4 is 10.6 Å². The van der Waals surface area contributed by atoms with Crippen LogP contribution in [0, 0.1) is 0 Å². The Morgan fingerprint density at radius 2 is 2.07 bits per heavy atom. The number of nitrogens with zero attached hydrogens (tertiary/aromatic N) is 2. The zero-order valence-electron chi connectivity index (χ0n) is 15.1. The minimum atomic E-state index is -0.402. The van der Waals surface area contributed by atoms with Gasteiger partial charge in [0.25, 0.3) is 0 Å². The highest BCUT2D eigenvalue weighted by molar-refractivity contribution is 7.80. The van der Waals surface area contributed by atoms with Crippen LogP contribution >= 0.6 is 23.6 Å². The van der Waals surface area contributed by atoms with E-state index in [4.69, 9.17) is 17.0 Å². The molecule has 1 aromatic carbocycles. The number of ether oxygens (including phenoxy) is 1. The number of benzene rings is 1. The SMILES string of the molecule is CCn1ccc(CNC(=S)Nc2sc(-c3ccccc3)cc2C(=O)OC)n1. The molecule has 0 atom stereocenters. The van der Waals surface area contributed by atoms with Crippen LogP contribution in [0.3, 0.4) is 0 Å². The van der Waals surface area contributed by atoms with E-state index in [1.165, 1.54) is 18.4 Å². The van der Waals surface area contributed by atoms with E-state index in [2.05, 4.69) is 15.7 Å². The van der Waals surface area contributed by atoms with Crippen molar-refractivity contribution in [2.24, 2.45) is 0 Å². The first-order valence-electron chi connectivity index (χ1n) is 8.45. The van der Waals surface area contributed by atoms with E-state index in [1.54, 1.807) is 0 Å². The summed E-state index contributed by atoms with van der Waals surface area (Å²) in [4.78, 5) is 13.1. The summed E-state index contributed by atoms with van der Waals surface area (Å²) in [7, 11) is 1.37. The van der Waals surface area contributed by atoms with E-state index in [9.17, 15) is 4.79 Å². The summed E-state index contributed by atoms with van der Waals surface area (Å²) in [6.07, 6.45) is 1.92. The van der Waals surface area contributed by atoms with Crippen molar-refractivity contribution >= 4 is 39.6 Å². The van der Waals surface area contributed by atoms with Gasteiger partial charge >= 0.3 is 5.97 Å². The summed E-state index contributed by atoms with van der Waals surface area (Å²) < 4.78 is 6.76. The normalized spacial score (nSPS) is 10.4. The van der Waals surface area contributed by atoms with Crippen LogP contribution in [0.2, 0.25) is 0 Å². The third-order valence-corrected chi connectivity index (χ3v) is 5.22. The Labute approximate surface area is 167 Å². The maximum atomic E-state index is 12.1. The smallest absolute Gasteiger partial charge is 0.340 e. The molecule has 0 amide bonds. The number of anilines is 1. The number of aryl methyl sites for hydroxylation is 1. The average Bonchev–Trinajstić information content (AvgIpc) is 3.33. The molecule has 0 saturated carbocycles. The lowest BCUT2D eigenvalue weighted by molar-refractivity contribution is 0.0602. The second-order valence-electron chi connectivity index (χ2n) is 5.68. The predicted octanol–water partition coefficient (Wildman–Crippen LogP) is 3.90. The van der Waals surface area contributed by atoms with Gasteiger partial charge in [-0.05, 0) is 36.8 Å². The number of thiophene rings is 1. The molecule has 0 aliphatic carbocycles. The number of nitrogens with one attached hydrogen (secondary N) is 2. The fraction of sp³-hybridized carbons (Fsp3) is 0.211. The van der Waals surface area contributed by atoms with E-state index >= 15 is 0 Å². The van der Waals surface area contributed by atoms with Crippen LogP contribution in [0.5, 0.6) is 0 Å². The predicted molar refractivity (Wildman–Crippen MR) is 112 cm³/mol. The molecule has 2 N–H and O–H groups in total. The van der Waals surface area contributed by atoms with Gasteiger partial charge < -0.3 is 15.4 Å². The van der Waals surface area contributed by atoms with Crippen molar-refractivity contribution < 1.29 is 9.53 Å². The third-order valence-electron chi connectivity index (χ3n) is 3.87. The van der Waals surface area contributed by atoms with Crippen LogP contribution in [-0.2, 0) is 17.8 Å². The van der Waals surface area contributed by atoms with Gasteiger partial charge in [-0.1, -0.05) is 30.3 Å². The molecule has 0 spiro atoms. The molecule has 27 heavy (non-hydrogen) atoms. The molecule has 0 unspecified atom stereocenters. The van der Waals surface area contributed by atoms with Gasteiger partial charge in [-0.15, -0.1) is 11.3 Å². The Bertz CT molecular complexity index is 934. The summed E-state index contributed by atoms with van der Waals surface area (Å²) in [6.45, 7) is 3.36. The molecule has 2 heterocycles. The van der Waals surface area contributed by atoms with E-state index < -0.39 is 5.97 Å². The molecule has 0 aliphatic heterocycles. The van der Waals surface area contributed by atoms with Crippen molar-refractivity contribution in [2.45, 2.75) is 20.0 Å². The van der Waals surface area contributed by atoms with Gasteiger partial charge in [-0.2, -0.15) is 5.10 Å². The van der Waals surface area contributed by atoms with E-state index in [1.807, 2.05) is 60.3 Å². The number of carbonyl (C=O) groups is 1. The molecule has 2 aromatic heterocycles. The lowest BCUT2D eigenvalue weighted by atomic mass is 10.1. The van der Waals surface area contributed by atoms with E-state index in [0.29, 0.717) is 22.2 Å². The van der Waals surface area contributed by atoms with Crippen LogP contribution in [-0.4, -0.2) is 28.0 Å². The van der Waals surface area contributed by atoms with Gasteiger partial charge in [-0.3, -0.25) is 4.68 Å². The molecule has 8 heteroatoms. The number of methoxy groups -OCH3 is 1. The van der Waals surface area contributed by atoms with Gasteiger partial charge in [0.1, 0.15) is 5.00 Å². The van der Waals surface area contributed by atoms with Crippen LogP contribution in [0.4, 0.5) is 5.00 Å². The highest BCUT2D eigenvalue weighted by atomic mass is 32.1. The first-order valence-corrected chi connectivity index (χ1v) is 9.68. The lowest BCUT2D eigenvalue weighted by Crippen LogP contribution is -2.28. The summed E-state index contributed by atoms with van der Waals surface area (Å²) >= 11 is 6.83. The maximum absolute atomic E-state index is 12.1. The van der Waals surface area contributed by atoms with Gasteiger partial charge in [0, 0.05) is 17.6 Å². The Hall–Kier alpha value is -2.71. The number of hydrogen-bond donors (Lipinski definition) is 2. The molecular formula is C19H20N4O2S2. The molecule has 0 aliphatic rings.